The fourth-order valence-corrected chi connectivity index (χ4v) is 2.11. The van der Waals surface area contributed by atoms with Crippen LogP contribution in [0.2, 0.25) is 0 Å². The van der Waals surface area contributed by atoms with Gasteiger partial charge in [-0.15, -0.1) is 0 Å². The molecule has 0 aromatic carbocycles. The summed E-state index contributed by atoms with van der Waals surface area (Å²) in [5, 5.41) is 8.66. The van der Waals surface area contributed by atoms with E-state index in [2.05, 4.69) is 31.2 Å². The average molecular weight is 266 g/mol. The maximum Gasteiger partial charge on any atom is 0.0431 e. The zero-order valence-corrected chi connectivity index (χ0v) is 12.9. The molecule has 0 saturated carbocycles. The number of rotatable bonds is 14. The molecule has 0 atom stereocenters. The fraction of sp³-hybridized carbons (Fsp3) is 0.778. The predicted octanol–water partition coefficient (Wildman–Crippen LogP) is 5.79. The van der Waals surface area contributed by atoms with Crippen LogP contribution >= 0.6 is 0 Å². The smallest absolute Gasteiger partial charge is 0.0431 e. The lowest BCUT2D eigenvalue weighted by atomic mass is 10.1. The van der Waals surface area contributed by atoms with E-state index in [-0.39, 0.29) is 0 Å². The van der Waals surface area contributed by atoms with Crippen LogP contribution in [0.4, 0.5) is 0 Å². The predicted molar refractivity (Wildman–Crippen MR) is 86.4 cm³/mol. The third-order valence-electron chi connectivity index (χ3n) is 3.39. The number of unbranched alkanes of at least 4 members (excludes halogenated alkanes) is 10. The Morgan fingerprint density at radius 2 is 1.11 bits per heavy atom. The Bertz CT molecular complexity index is 206. The van der Waals surface area contributed by atoms with Gasteiger partial charge in [0.05, 0.1) is 0 Å². The number of allylic oxidation sites excluding steroid dienone is 4. The van der Waals surface area contributed by atoms with Gasteiger partial charge in [-0.2, -0.15) is 0 Å². The van der Waals surface area contributed by atoms with Crippen LogP contribution in [0.25, 0.3) is 0 Å². The molecule has 0 aromatic rings. The Morgan fingerprint density at radius 3 is 1.63 bits per heavy atom. The summed E-state index contributed by atoms with van der Waals surface area (Å²) in [6.45, 7) is 2.59. The zero-order valence-electron chi connectivity index (χ0n) is 12.9. The first-order valence-electron chi connectivity index (χ1n) is 8.34. The molecule has 0 spiro atoms. The summed E-state index contributed by atoms with van der Waals surface area (Å²) in [6.07, 6.45) is 24.2. The van der Waals surface area contributed by atoms with Gasteiger partial charge in [0.15, 0.2) is 0 Å². The minimum absolute atomic E-state index is 0.360. The molecule has 0 aliphatic heterocycles. The molecule has 0 fully saturated rings. The molecule has 0 saturated heterocycles. The molecule has 0 aliphatic carbocycles. The van der Waals surface area contributed by atoms with Gasteiger partial charge in [0.1, 0.15) is 0 Å². The largest absolute Gasteiger partial charge is 0.396 e. The fourth-order valence-electron chi connectivity index (χ4n) is 2.11. The first-order chi connectivity index (χ1) is 9.41. The highest BCUT2D eigenvalue weighted by Crippen LogP contribution is 2.09. The molecule has 1 N–H and O–H groups in total. The molecule has 19 heavy (non-hydrogen) atoms. The van der Waals surface area contributed by atoms with Crippen LogP contribution in [0.15, 0.2) is 24.3 Å². The first-order valence-corrected chi connectivity index (χ1v) is 8.34. The Hall–Kier alpha value is -0.560. The molecule has 1 nitrogen and oxygen atoms in total. The number of hydrogen-bond acceptors (Lipinski definition) is 1. The van der Waals surface area contributed by atoms with E-state index in [1.807, 2.05) is 0 Å². The van der Waals surface area contributed by atoms with Crippen molar-refractivity contribution in [1.82, 2.24) is 0 Å². The SMILES string of the molecule is CCCC/C=C/C=C/CCCCCCCCCCO. The normalized spacial score (nSPS) is 11.9. The van der Waals surface area contributed by atoms with Crippen LogP contribution in [-0.2, 0) is 0 Å². The van der Waals surface area contributed by atoms with Gasteiger partial charge in [0.2, 0.25) is 0 Å². The Kier molecular flexibility index (Phi) is 16.9. The number of aliphatic hydroxyl groups is 1. The second kappa shape index (κ2) is 17.4. The van der Waals surface area contributed by atoms with Gasteiger partial charge in [-0.1, -0.05) is 82.6 Å². The van der Waals surface area contributed by atoms with E-state index < -0.39 is 0 Å². The highest BCUT2D eigenvalue weighted by Gasteiger charge is 1.91. The summed E-state index contributed by atoms with van der Waals surface area (Å²) in [4.78, 5) is 0. The first kappa shape index (κ1) is 18.4. The lowest BCUT2D eigenvalue weighted by Gasteiger charge is -2.00. The molecule has 0 bridgehead atoms. The molecule has 0 aromatic heterocycles. The molecule has 0 radical (unpaired) electrons. The van der Waals surface area contributed by atoms with Gasteiger partial charge in [-0.05, 0) is 25.7 Å². The van der Waals surface area contributed by atoms with Crippen LogP contribution in [-0.4, -0.2) is 11.7 Å². The molecule has 0 unspecified atom stereocenters. The van der Waals surface area contributed by atoms with Crippen molar-refractivity contribution in [3.05, 3.63) is 24.3 Å². The van der Waals surface area contributed by atoms with Gasteiger partial charge >= 0.3 is 0 Å². The van der Waals surface area contributed by atoms with Crippen molar-refractivity contribution in [1.29, 1.82) is 0 Å². The standard InChI is InChI=1S/C18H34O/c1-2-3-4-5-6-7-8-9-10-11-12-13-14-15-16-17-18-19/h5-8,19H,2-4,9-18H2,1H3/b6-5+,8-7+. The van der Waals surface area contributed by atoms with Gasteiger partial charge < -0.3 is 5.11 Å². The molecule has 112 valence electrons. The second-order valence-electron chi connectivity index (χ2n) is 5.34. The number of hydrogen-bond donors (Lipinski definition) is 1. The van der Waals surface area contributed by atoms with Crippen molar-refractivity contribution in [2.75, 3.05) is 6.61 Å². The lowest BCUT2D eigenvalue weighted by Crippen LogP contribution is -1.84. The Labute approximate surface area is 120 Å². The maximum absolute atomic E-state index is 8.66. The molecule has 0 aliphatic rings. The minimum atomic E-state index is 0.360. The molecular formula is C18H34O. The van der Waals surface area contributed by atoms with Gasteiger partial charge in [0, 0.05) is 6.61 Å². The minimum Gasteiger partial charge on any atom is -0.396 e. The maximum atomic E-state index is 8.66. The summed E-state index contributed by atoms with van der Waals surface area (Å²) in [7, 11) is 0. The Morgan fingerprint density at radius 1 is 0.632 bits per heavy atom. The van der Waals surface area contributed by atoms with Crippen LogP contribution in [0, 0.1) is 0 Å². The third-order valence-corrected chi connectivity index (χ3v) is 3.39. The summed E-state index contributed by atoms with van der Waals surface area (Å²) < 4.78 is 0. The van der Waals surface area contributed by atoms with Crippen molar-refractivity contribution >= 4 is 0 Å². The summed E-state index contributed by atoms with van der Waals surface area (Å²) in [6, 6.07) is 0. The van der Waals surface area contributed by atoms with Gasteiger partial charge in [-0.3, -0.25) is 0 Å². The number of aliphatic hydroxyl groups excluding tert-OH is 1. The van der Waals surface area contributed by atoms with Crippen molar-refractivity contribution in [3.63, 3.8) is 0 Å². The quantitative estimate of drug-likeness (QED) is 0.311. The Balaban J connectivity index is 3.09. The lowest BCUT2D eigenvalue weighted by molar-refractivity contribution is 0.282. The third kappa shape index (κ3) is 17.4. The monoisotopic (exact) mass is 266 g/mol. The van der Waals surface area contributed by atoms with E-state index in [4.69, 9.17) is 5.11 Å². The van der Waals surface area contributed by atoms with Crippen LogP contribution < -0.4 is 0 Å². The molecule has 0 rings (SSSR count). The molecule has 0 heterocycles. The van der Waals surface area contributed by atoms with Crippen LogP contribution in [0.3, 0.4) is 0 Å². The van der Waals surface area contributed by atoms with Crippen molar-refractivity contribution in [2.24, 2.45) is 0 Å². The van der Waals surface area contributed by atoms with E-state index in [0.717, 1.165) is 6.42 Å². The van der Waals surface area contributed by atoms with E-state index >= 15 is 0 Å². The van der Waals surface area contributed by atoms with Crippen molar-refractivity contribution in [2.45, 2.75) is 84.0 Å². The van der Waals surface area contributed by atoms with Crippen molar-refractivity contribution < 1.29 is 5.11 Å². The van der Waals surface area contributed by atoms with E-state index in [1.54, 1.807) is 0 Å². The second-order valence-corrected chi connectivity index (χ2v) is 5.34. The highest BCUT2D eigenvalue weighted by molar-refractivity contribution is 5.02. The van der Waals surface area contributed by atoms with Crippen molar-refractivity contribution in [3.8, 4) is 0 Å². The van der Waals surface area contributed by atoms with Crippen LogP contribution in [0.5, 0.6) is 0 Å². The summed E-state index contributed by atoms with van der Waals surface area (Å²) in [5.41, 5.74) is 0. The zero-order chi connectivity index (χ0) is 14.0. The highest BCUT2D eigenvalue weighted by atomic mass is 16.2. The summed E-state index contributed by atoms with van der Waals surface area (Å²) in [5.74, 6) is 0. The van der Waals surface area contributed by atoms with E-state index in [9.17, 15) is 0 Å². The van der Waals surface area contributed by atoms with E-state index in [0.29, 0.717) is 6.61 Å². The topological polar surface area (TPSA) is 20.2 Å². The van der Waals surface area contributed by atoms with Crippen LogP contribution in [0.1, 0.15) is 84.0 Å². The molecule has 0 amide bonds. The van der Waals surface area contributed by atoms with E-state index in [1.165, 1.54) is 70.6 Å². The van der Waals surface area contributed by atoms with Gasteiger partial charge in [-0.25, -0.2) is 0 Å². The average Bonchev–Trinajstić information content (AvgIpc) is 2.43. The molecular weight excluding hydrogens is 232 g/mol. The van der Waals surface area contributed by atoms with Gasteiger partial charge in [0.25, 0.3) is 0 Å². The summed E-state index contributed by atoms with van der Waals surface area (Å²) >= 11 is 0. The molecule has 1 heteroatoms.